The summed E-state index contributed by atoms with van der Waals surface area (Å²) in [5, 5.41) is 9.04. The normalized spacial score (nSPS) is 16.1. The summed E-state index contributed by atoms with van der Waals surface area (Å²) in [6.45, 7) is 0.749. The minimum atomic E-state index is -3.46. The number of rotatable bonds is 5. The number of hydrogen-bond acceptors (Lipinski definition) is 4. The fourth-order valence-corrected chi connectivity index (χ4v) is 6.91. The van der Waals surface area contributed by atoms with Crippen LogP contribution < -0.4 is 15.2 Å². The third-order valence-electron chi connectivity index (χ3n) is 5.43. The predicted octanol–water partition coefficient (Wildman–Crippen LogP) is 2.77. The SMILES string of the molecule is CN(C)Cc1ccc([SH](N)(=O)NC(=O)Nc2c3c(cc4c2CCC4)CCC3)s1. The zero-order chi connectivity index (χ0) is 19.9. The average Bonchev–Trinajstić information content (AvgIpc) is 3.32. The highest BCUT2D eigenvalue weighted by atomic mass is 32.3. The van der Waals surface area contributed by atoms with Gasteiger partial charge in [0.25, 0.3) is 0 Å². The quantitative estimate of drug-likeness (QED) is 0.561. The number of amides is 2. The van der Waals surface area contributed by atoms with Crippen LogP contribution in [-0.2, 0) is 42.5 Å². The van der Waals surface area contributed by atoms with E-state index in [0.29, 0.717) is 4.21 Å². The summed E-state index contributed by atoms with van der Waals surface area (Å²) in [6, 6.07) is 5.50. The Morgan fingerprint density at radius 1 is 1.14 bits per heavy atom. The Kier molecular flexibility index (Phi) is 5.30. The van der Waals surface area contributed by atoms with E-state index in [2.05, 4.69) is 16.1 Å². The Bertz CT molecular complexity index is 935. The molecule has 1 aromatic carbocycles. The molecule has 2 aromatic rings. The lowest BCUT2D eigenvalue weighted by molar-refractivity contribution is 0.256. The van der Waals surface area contributed by atoms with Gasteiger partial charge in [0.1, 0.15) is 0 Å². The number of hydrogen-bond donors (Lipinski definition) is 4. The third-order valence-corrected chi connectivity index (χ3v) is 8.73. The topological polar surface area (TPSA) is 87.5 Å². The van der Waals surface area contributed by atoms with Crippen molar-refractivity contribution in [3.8, 4) is 0 Å². The molecule has 6 nitrogen and oxygen atoms in total. The van der Waals surface area contributed by atoms with E-state index in [-0.39, 0.29) is 0 Å². The van der Waals surface area contributed by atoms with E-state index in [0.717, 1.165) is 55.6 Å². The maximum absolute atomic E-state index is 13.0. The summed E-state index contributed by atoms with van der Waals surface area (Å²) >= 11 is 1.38. The molecule has 4 N–H and O–H groups in total. The van der Waals surface area contributed by atoms with Gasteiger partial charge >= 0.3 is 6.03 Å². The van der Waals surface area contributed by atoms with Crippen LogP contribution in [-0.4, -0.2) is 29.2 Å². The molecule has 0 saturated carbocycles. The Balaban J connectivity index is 1.52. The number of nitrogens with one attached hydrogen (secondary N) is 2. The molecule has 28 heavy (non-hydrogen) atoms. The number of fused-ring (bicyclic) bond motifs is 2. The van der Waals surface area contributed by atoms with Crippen molar-refractivity contribution in [3.05, 3.63) is 45.3 Å². The molecule has 0 radical (unpaired) electrons. The van der Waals surface area contributed by atoms with Gasteiger partial charge in [-0.05, 0) is 87.0 Å². The number of thiophene rings is 1. The minimum absolute atomic E-state index is 0.484. The monoisotopic (exact) mass is 420 g/mol. The molecule has 0 unspecified atom stereocenters. The molecule has 0 bridgehead atoms. The highest BCUT2D eigenvalue weighted by molar-refractivity contribution is 8.01. The predicted molar refractivity (Wildman–Crippen MR) is 116 cm³/mol. The van der Waals surface area contributed by atoms with E-state index in [1.807, 2.05) is 25.1 Å². The van der Waals surface area contributed by atoms with Crippen molar-refractivity contribution in [1.82, 2.24) is 9.62 Å². The molecule has 2 aliphatic carbocycles. The fourth-order valence-electron chi connectivity index (χ4n) is 4.26. The van der Waals surface area contributed by atoms with Gasteiger partial charge in [-0.2, -0.15) is 0 Å². The Morgan fingerprint density at radius 2 is 1.79 bits per heavy atom. The zero-order valence-corrected chi connectivity index (χ0v) is 18.1. The van der Waals surface area contributed by atoms with Crippen molar-refractivity contribution in [1.29, 1.82) is 0 Å². The molecule has 0 fully saturated rings. The van der Waals surface area contributed by atoms with E-state index in [1.165, 1.54) is 33.6 Å². The highest BCUT2D eigenvalue weighted by Crippen LogP contribution is 2.38. The van der Waals surface area contributed by atoms with Gasteiger partial charge in [-0.15, -0.1) is 11.3 Å². The van der Waals surface area contributed by atoms with Crippen molar-refractivity contribution < 1.29 is 9.00 Å². The van der Waals surface area contributed by atoms with Gasteiger partial charge in [-0.25, -0.2) is 9.00 Å². The minimum Gasteiger partial charge on any atom is -0.307 e. The first-order valence-corrected chi connectivity index (χ1v) is 12.3. The number of thiol groups is 1. The number of benzene rings is 1. The summed E-state index contributed by atoms with van der Waals surface area (Å²) in [5.41, 5.74) is 6.11. The maximum Gasteiger partial charge on any atom is 0.330 e. The van der Waals surface area contributed by atoms with Crippen LogP contribution in [0.4, 0.5) is 10.5 Å². The summed E-state index contributed by atoms with van der Waals surface area (Å²) < 4.78 is 16.1. The van der Waals surface area contributed by atoms with Crippen molar-refractivity contribution in [3.63, 3.8) is 0 Å². The summed E-state index contributed by atoms with van der Waals surface area (Å²) in [4.78, 5) is 15.8. The van der Waals surface area contributed by atoms with E-state index >= 15 is 0 Å². The van der Waals surface area contributed by atoms with Gasteiger partial charge in [0.2, 0.25) is 0 Å². The van der Waals surface area contributed by atoms with Gasteiger partial charge in [-0.3, -0.25) is 9.86 Å². The Labute approximate surface area is 171 Å². The van der Waals surface area contributed by atoms with Gasteiger partial charge < -0.3 is 10.2 Å². The molecule has 0 aliphatic heterocycles. The molecule has 152 valence electrons. The lowest BCUT2D eigenvalue weighted by Crippen LogP contribution is -2.44. The number of nitrogens with two attached hydrogens (primary N) is 1. The molecule has 2 amide bonds. The van der Waals surface area contributed by atoms with Crippen LogP contribution in [0, 0.1) is 0 Å². The van der Waals surface area contributed by atoms with Gasteiger partial charge in [0.15, 0.2) is 0 Å². The van der Waals surface area contributed by atoms with E-state index < -0.39 is 16.3 Å². The van der Waals surface area contributed by atoms with Gasteiger partial charge in [-0.1, -0.05) is 6.07 Å². The van der Waals surface area contributed by atoms with Crippen molar-refractivity contribution in [2.45, 2.75) is 49.3 Å². The number of anilines is 1. The number of carbonyl (C=O) groups excluding carboxylic acids is 1. The summed E-state index contributed by atoms with van der Waals surface area (Å²) in [7, 11) is 0.490. The molecule has 0 atom stereocenters. The number of nitrogens with zero attached hydrogens (tertiary/aromatic N) is 1. The smallest absolute Gasteiger partial charge is 0.307 e. The molecule has 0 spiro atoms. The molecule has 0 saturated heterocycles. The maximum atomic E-state index is 13.0. The first kappa shape index (κ1) is 19.6. The van der Waals surface area contributed by atoms with Crippen LogP contribution in [0.15, 0.2) is 22.4 Å². The lowest BCUT2D eigenvalue weighted by Gasteiger charge is -2.21. The van der Waals surface area contributed by atoms with E-state index in [4.69, 9.17) is 5.14 Å². The van der Waals surface area contributed by atoms with Crippen LogP contribution in [0.1, 0.15) is 40.0 Å². The second-order valence-corrected chi connectivity index (χ2v) is 11.4. The molecule has 8 heteroatoms. The summed E-state index contributed by atoms with van der Waals surface area (Å²) in [6.07, 6.45) is 6.34. The fraction of sp³-hybridized carbons (Fsp3) is 0.450. The molecule has 4 rings (SSSR count). The largest absolute Gasteiger partial charge is 0.330 e. The molecular weight excluding hydrogens is 392 g/mol. The van der Waals surface area contributed by atoms with Gasteiger partial charge in [0, 0.05) is 27.4 Å². The molecular formula is C20H28N4O2S2. The standard InChI is InChI=1S/C20H28N4O2S2/c1-24(2)12-15-9-10-18(27-15)28(21,26)23-20(25)22-19-16-7-3-5-13(16)11-14-6-4-8-17(14)19/h9-11,28H,3-8,12H2,1-2H3,(H4,21,22,23,25,26). The lowest BCUT2D eigenvalue weighted by atomic mass is 9.99. The van der Waals surface area contributed by atoms with Crippen LogP contribution in [0.2, 0.25) is 0 Å². The van der Waals surface area contributed by atoms with E-state index in [9.17, 15) is 9.00 Å². The summed E-state index contributed by atoms with van der Waals surface area (Å²) in [5.74, 6) is 0. The molecule has 1 heterocycles. The van der Waals surface area contributed by atoms with Crippen LogP contribution >= 0.6 is 11.3 Å². The molecule has 2 aliphatic rings. The number of aryl methyl sites for hydroxylation is 2. The van der Waals surface area contributed by atoms with Crippen LogP contribution in [0.25, 0.3) is 0 Å². The average molecular weight is 421 g/mol. The second kappa shape index (κ2) is 7.59. The highest BCUT2D eigenvalue weighted by Gasteiger charge is 2.26. The Hall–Kier alpha value is -1.74. The third kappa shape index (κ3) is 3.87. The Morgan fingerprint density at radius 3 is 2.39 bits per heavy atom. The van der Waals surface area contributed by atoms with Crippen LogP contribution in [0.5, 0.6) is 0 Å². The first-order valence-electron chi connectivity index (χ1n) is 9.72. The zero-order valence-electron chi connectivity index (χ0n) is 16.4. The molecule has 1 aromatic heterocycles. The van der Waals surface area contributed by atoms with Crippen molar-refractivity contribution in [2.75, 3.05) is 19.4 Å². The van der Waals surface area contributed by atoms with E-state index in [1.54, 1.807) is 6.07 Å². The van der Waals surface area contributed by atoms with Crippen LogP contribution in [0.3, 0.4) is 0 Å². The second-order valence-electron chi connectivity index (χ2n) is 7.94. The van der Waals surface area contributed by atoms with Crippen molar-refractivity contribution in [2.24, 2.45) is 5.14 Å². The number of carbonyl (C=O) groups is 1. The van der Waals surface area contributed by atoms with Gasteiger partial charge in [0.05, 0.1) is 4.21 Å². The van der Waals surface area contributed by atoms with Crippen molar-refractivity contribution >= 4 is 33.4 Å². The number of urea groups is 1. The first-order chi connectivity index (χ1) is 13.3.